The second-order valence-corrected chi connectivity index (χ2v) is 3.67. The van der Waals surface area contributed by atoms with Crippen molar-refractivity contribution < 1.29 is 19.4 Å². The Morgan fingerprint density at radius 2 is 2.13 bits per heavy atom. The second-order valence-electron chi connectivity index (χ2n) is 3.67. The molecular weight excluding hydrogens is 198 g/mol. The molecule has 1 N–H and O–H groups in total. The normalized spacial score (nSPS) is 18.1. The van der Waals surface area contributed by atoms with Crippen molar-refractivity contribution in [2.45, 2.75) is 20.8 Å². The lowest BCUT2D eigenvalue weighted by atomic mass is 9.81. The number of carboxylic acids is 1. The SMILES string of the molecule is CCOC(=O)C1=CN=C(C(=O)O)C1(C)C. The van der Waals surface area contributed by atoms with Crippen molar-refractivity contribution in [3.63, 3.8) is 0 Å². The lowest BCUT2D eigenvalue weighted by Crippen LogP contribution is -2.33. The molecule has 0 aliphatic carbocycles. The highest BCUT2D eigenvalue weighted by atomic mass is 16.5. The van der Waals surface area contributed by atoms with Gasteiger partial charge in [0.2, 0.25) is 0 Å². The van der Waals surface area contributed by atoms with Crippen molar-refractivity contribution in [2.24, 2.45) is 10.4 Å². The molecule has 0 amide bonds. The lowest BCUT2D eigenvalue weighted by molar-refractivity contribution is -0.139. The van der Waals surface area contributed by atoms with Gasteiger partial charge in [-0.3, -0.25) is 4.99 Å². The molecule has 0 saturated carbocycles. The number of rotatable bonds is 3. The first-order valence-electron chi connectivity index (χ1n) is 4.60. The molecule has 0 radical (unpaired) electrons. The van der Waals surface area contributed by atoms with E-state index in [4.69, 9.17) is 9.84 Å². The van der Waals surface area contributed by atoms with Crippen LogP contribution in [0.25, 0.3) is 0 Å². The molecule has 1 aliphatic rings. The van der Waals surface area contributed by atoms with Gasteiger partial charge in [-0.05, 0) is 20.8 Å². The van der Waals surface area contributed by atoms with E-state index in [2.05, 4.69) is 4.99 Å². The maximum absolute atomic E-state index is 11.5. The van der Waals surface area contributed by atoms with Crippen LogP contribution in [0.1, 0.15) is 20.8 Å². The highest BCUT2D eigenvalue weighted by Crippen LogP contribution is 2.34. The number of carbonyl (C=O) groups excluding carboxylic acids is 1. The number of hydrogen-bond donors (Lipinski definition) is 1. The van der Waals surface area contributed by atoms with E-state index in [9.17, 15) is 9.59 Å². The van der Waals surface area contributed by atoms with Gasteiger partial charge in [-0.1, -0.05) is 0 Å². The molecule has 15 heavy (non-hydrogen) atoms. The first-order chi connectivity index (χ1) is 6.91. The topological polar surface area (TPSA) is 76.0 Å². The van der Waals surface area contributed by atoms with E-state index in [0.29, 0.717) is 0 Å². The first-order valence-corrected chi connectivity index (χ1v) is 4.60. The van der Waals surface area contributed by atoms with Crippen molar-refractivity contribution in [3.05, 3.63) is 11.8 Å². The maximum atomic E-state index is 11.5. The lowest BCUT2D eigenvalue weighted by Gasteiger charge is -2.20. The zero-order valence-corrected chi connectivity index (χ0v) is 8.90. The molecule has 0 aromatic carbocycles. The zero-order valence-electron chi connectivity index (χ0n) is 8.90. The minimum Gasteiger partial charge on any atom is -0.477 e. The summed E-state index contributed by atoms with van der Waals surface area (Å²) < 4.78 is 4.82. The van der Waals surface area contributed by atoms with Gasteiger partial charge >= 0.3 is 11.9 Å². The number of esters is 1. The number of nitrogens with zero attached hydrogens (tertiary/aromatic N) is 1. The van der Waals surface area contributed by atoms with Gasteiger partial charge in [-0.2, -0.15) is 0 Å². The number of aliphatic carboxylic acids is 1. The summed E-state index contributed by atoms with van der Waals surface area (Å²) in [6.07, 6.45) is 1.27. The van der Waals surface area contributed by atoms with Gasteiger partial charge in [0.25, 0.3) is 0 Å². The van der Waals surface area contributed by atoms with Gasteiger partial charge in [-0.25, -0.2) is 9.59 Å². The van der Waals surface area contributed by atoms with Crippen LogP contribution >= 0.6 is 0 Å². The Morgan fingerprint density at radius 3 is 2.53 bits per heavy atom. The molecule has 5 heteroatoms. The predicted octanol–water partition coefficient (Wildman–Crippen LogP) is 0.999. The Morgan fingerprint density at radius 1 is 1.53 bits per heavy atom. The highest BCUT2D eigenvalue weighted by molar-refractivity contribution is 6.40. The highest BCUT2D eigenvalue weighted by Gasteiger charge is 2.41. The van der Waals surface area contributed by atoms with Crippen LogP contribution in [0.15, 0.2) is 16.8 Å². The molecule has 82 valence electrons. The van der Waals surface area contributed by atoms with Crippen LogP contribution in [0.5, 0.6) is 0 Å². The van der Waals surface area contributed by atoms with Gasteiger partial charge in [-0.15, -0.1) is 0 Å². The van der Waals surface area contributed by atoms with E-state index in [1.54, 1.807) is 20.8 Å². The summed E-state index contributed by atoms with van der Waals surface area (Å²) >= 11 is 0. The molecule has 0 bridgehead atoms. The molecule has 1 heterocycles. The summed E-state index contributed by atoms with van der Waals surface area (Å²) in [5.74, 6) is -1.63. The fourth-order valence-electron chi connectivity index (χ4n) is 1.42. The monoisotopic (exact) mass is 211 g/mol. The number of hydrogen-bond acceptors (Lipinski definition) is 4. The standard InChI is InChI=1S/C10H13NO4/c1-4-15-9(14)6-5-11-7(8(12)13)10(6,2)3/h5H,4H2,1-3H3,(H,12,13). The molecule has 1 rings (SSSR count). The Balaban J connectivity index is 2.92. The van der Waals surface area contributed by atoms with Crippen LogP contribution in [0.2, 0.25) is 0 Å². The minimum absolute atomic E-state index is 0.0365. The van der Waals surface area contributed by atoms with Crippen molar-refractivity contribution >= 4 is 17.7 Å². The van der Waals surface area contributed by atoms with E-state index in [-0.39, 0.29) is 17.9 Å². The number of aliphatic imine (C=N–C) groups is 1. The number of carboxylic acid groups (broad SMARTS) is 1. The van der Waals surface area contributed by atoms with Crippen molar-refractivity contribution in [1.82, 2.24) is 0 Å². The molecule has 0 atom stereocenters. The minimum atomic E-state index is -1.12. The molecule has 0 aromatic heterocycles. The third-order valence-corrected chi connectivity index (χ3v) is 2.29. The summed E-state index contributed by atoms with van der Waals surface area (Å²) in [6, 6.07) is 0. The fraction of sp³-hybridized carbons (Fsp3) is 0.500. The van der Waals surface area contributed by atoms with E-state index in [1.165, 1.54) is 6.20 Å². The first kappa shape index (κ1) is 11.4. The van der Waals surface area contributed by atoms with Crippen molar-refractivity contribution in [3.8, 4) is 0 Å². The summed E-state index contributed by atoms with van der Waals surface area (Å²) in [7, 11) is 0. The summed E-state index contributed by atoms with van der Waals surface area (Å²) in [6.45, 7) is 5.22. The Labute approximate surface area is 87.5 Å². The van der Waals surface area contributed by atoms with Gasteiger partial charge in [0.05, 0.1) is 12.2 Å². The summed E-state index contributed by atoms with van der Waals surface area (Å²) in [5, 5.41) is 8.86. The van der Waals surface area contributed by atoms with E-state index in [1.807, 2.05) is 0 Å². The van der Waals surface area contributed by atoms with E-state index >= 15 is 0 Å². The molecule has 5 nitrogen and oxygen atoms in total. The Bertz CT molecular complexity index is 366. The zero-order chi connectivity index (χ0) is 11.6. The number of carbonyl (C=O) groups is 2. The average molecular weight is 211 g/mol. The Kier molecular flexibility index (Phi) is 2.93. The van der Waals surface area contributed by atoms with Crippen LogP contribution in [0.3, 0.4) is 0 Å². The Hall–Kier alpha value is -1.65. The van der Waals surface area contributed by atoms with Crippen molar-refractivity contribution in [2.75, 3.05) is 6.61 Å². The number of ether oxygens (including phenoxy) is 1. The molecular formula is C10H13NO4. The van der Waals surface area contributed by atoms with Crippen molar-refractivity contribution in [1.29, 1.82) is 0 Å². The smallest absolute Gasteiger partial charge is 0.351 e. The molecule has 1 aliphatic heterocycles. The molecule has 0 saturated heterocycles. The quantitative estimate of drug-likeness (QED) is 0.706. The predicted molar refractivity (Wildman–Crippen MR) is 53.6 cm³/mol. The van der Waals surface area contributed by atoms with E-state index in [0.717, 1.165) is 0 Å². The van der Waals surface area contributed by atoms with Crippen LogP contribution in [0.4, 0.5) is 0 Å². The van der Waals surface area contributed by atoms with E-state index < -0.39 is 17.4 Å². The van der Waals surface area contributed by atoms with Gasteiger partial charge in [0.1, 0.15) is 5.71 Å². The third-order valence-electron chi connectivity index (χ3n) is 2.29. The average Bonchev–Trinajstić information content (AvgIpc) is 2.41. The largest absolute Gasteiger partial charge is 0.477 e. The van der Waals surface area contributed by atoms with Gasteiger partial charge < -0.3 is 9.84 Å². The molecule has 0 spiro atoms. The maximum Gasteiger partial charge on any atom is 0.351 e. The van der Waals surface area contributed by atoms with Crippen LogP contribution in [0, 0.1) is 5.41 Å². The molecule has 0 aromatic rings. The summed E-state index contributed by atoms with van der Waals surface area (Å²) in [5.41, 5.74) is -0.648. The fourth-order valence-corrected chi connectivity index (χ4v) is 1.42. The van der Waals surface area contributed by atoms with Gasteiger partial charge in [0.15, 0.2) is 0 Å². The molecule has 0 fully saturated rings. The third kappa shape index (κ3) is 1.91. The summed E-state index contributed by atoms with van der Waals surface area (Å²) in [4.78, 5) is 26.0. The second kappa shape index (κ2) is 3.84. The molecule has 0 unspecified atom stereocenters. The van der Waals surface area contributed by atoms with Crippen LogP contribution in [-0.4, -0.2) is 29.4 Å². The van der Waals surface area contributed by atoms with Crippen LogP contribution in [-0.2, 0) is 14.3 Å². The van der Waals surface area contributed by atoms with Crippen LogP contribution < -0.4 is 0 Å². The van der Waals surface area contributed by atoms with Gasteiger partial charge in [0, 0.05) is 11.6 Å².